The molecule has 0 saturated heterocycles. The Labute approximate surface area is 133 Å². The van der Waals surface area contributed by atoms with Crippen LogP contribution >= 0.6 is 11.6 Å². The molecular formula is C17H15ClN2O2. The molecule has 4 nitrogen and oxygen atoms in total. The van der Waals surface area contributed by atoms with Crippen molar-refractivity contribution in [3.05, 3.63) is 59.1 Å². The molecule has 0 aromatic heterocycles. The van der Waals surface area contributed by atoms with Crippen molar-refractivity contribution in [1.82, 2.24) is 0 Å². The van der Waals surface area contributed by atoms with E-state index in [-0.39, 0.29) is 18.2 Å². The van der Waals surface area contributed by atoms with Gasteiger partial charge in [-0.05, 0) is 25.1 Å². The van der Waals surface area contributed by atoms with E-state index in [2.05, 4.69) is 5.32 Å². The first-order valence-electron chi connectivity index (χ1n) is 7.02. The molecule has 2 aromatic carbocycles. The molecule has 1 amide bonds. The van der Waals surface area contributed by atoms with E-state index in [1.807, 2.05) is 18.2 Å². The van der Waals surface area contributed by atoms with Crippen LogP contribution in [0, 0.1) is 0 Å². The second-order valence-electron chi connectivity index (χ2n) is 5.24. The van der Waals surface area contributed by atoms with Crippen LogP contribution in [-0.4, -0.2) is 24.3 Å². The number of benzene rings is 2. The molecule has 0 spiro atoms. The van der Waals surface area contributed by atoms with Crippen LogP contribution in [0.25, 0.3) is 0 Å². The maximum Gasteiger partial charge on any atom is 0.249 e. The minimum Gasteiger partial charge on any atom is -0.372 e. The van der Waals surface area contributed by atoms with Gasteiger partial charge in [0.25, 0.3) is 0 Å². The van der Waals surface area contributed by atoms with E-state index in [1.54, 1.807) is 37.3 Å². The summed E-state index contributed by atoms with van der Waals surface area (Å²) >= 11 is 6.00. The average Bonchev–Trinajstić information content (AvgIpc) is 2.52. The number of hydrogen-bond donors (Lipinski definition) is 1. The molecule has 1 aliphatic rings. The molecule has 1 N–H and O–H groups in total. The van der Waals surface area contributed by atoms with Gasteiger partial charge in [0.2, 0.25) is 5.91 Å². The summed E-state index contributed by atoms with van der Waals surface area (Å²) < 4.78 is 0. The summed E-state index contributed by atoms with van der Waals surface area (Å²) in [5.74, 6) is -0.219. The van der Waals surface area contributed by atoms with Crippen molar-refractivity contribution in [2.75, 3.05) is 16.8 Å². The zero-order chi connectivity index (χ0) is 15.7. The average molecular weight is 315 g/mol. The molecule has 112 valence electrons. The Kier molecular flexibility index (Phi) is 3.86. The minimum absolute atomic E-state index is 0.0174. The lowest BCUT2D eigenvalue weighted by molar-refractivity contribution is -0.119. The maximum absolute atomic E-state index is 12.4. The summed E-state index contributed by atoms with van der Waals surface area (Å²) in [6, 6.07) is 13.8. The number of Topliss-reactive ketones (excluding diaryl/α,β-unsaturated/α-hetero) is 1. The van der Waals surface area contributed by atoms with Gasteiger partial charge in [0, 0.05) is 10.6 Å². The van der Waals surface area contributed by atoms with Crippen molar-refractivity contribution in [2.24, 2.45) is 0 Å². The number of nitrogens with zero attached hydrogens (tertiary/aromatic N) is 1. The van der Waals surface area contributed by atoms with E-state index in [4.69, 9.17) is 11.6 Å². The molecule has 1 unspecified atom stereocenters. The van der Waals surface area contributed by atoms with Crippen molar-refractivity contribution in [3.63, 3.8) is 0 Å². The third-order valence-electron chi connectivity index (χ3n) is 3.66. The Morgan fingerprint density at radius 1 is 1.23 bits per heavy atom. The fourth-order valence-corrected chi connectivity index (χ4v) is 2.70. The Morgan fingerprint density at radius 2 is 1.95 bits per heavy atom. The highest BCUT2D eigenvalue weighted by molar-refractivity contribution is 6.31. The minimum atomic E-state index is -0.394. The number of hydrogen-bond acceptors (Lipinski definition) is 3. The number of amides is 1. The largest absolute Gasteiger partial charge is 0.372 e. The molecule has 3 rings (SSSR count). The van der Waals surface area contributed by atoms with Crippen molar-refractivity contribution >= 4 is 34.7 Å². The SMILES string of the molecule is CC1Nc2cc(Cl)ccc2N(CC(=O)c2ccccc2)C1=O. The third-order valence-corrected chi connectivity index (χ3v) is 3.89. The van der Waals surface area contributed by atoms with Gasteiger partial charge in [0.1, 0.15) is 6.04 Å². The zero-order valence-electron chi connectivity index (χ0n) is 12.0. The fourth-order valence-electron chi connectivity index (χ4n) is 2.53. The summed E-state index contributed by atoms with van der Waals surface area (Å²) in [6.07, 6.45) is 0. The highest BCUT2D eigenvalue weighted by Crippen LogP contribution is 2.33. The van der Waals surface area contributed by atoms with Gasteiger partial charge in [-0.25, -0.2) is 0 Å². The smallest absolute Gasteiger partial charge is 0.249 e. The molecule has 0 aliphatic carbocycles. The molecule has 0 saturated carbocycles. The van der Waals surface area contributed by atoms with Crippen molar-refractivity contribution in [2.45, 2.75) is 13.0 Å². The third kappa shape index (κ3) is 2.70. The van der Waals surface area contributed by atoms with Crippen LogP contribution in [0.3, 0.4) is 0 Å². The van der Waals surface area contributed by atoms with Gasteiger partial charge in [-0.15, -0.1) is 0 Å². The van der Waals surface area contributed by atoms with Crippen LogP contribution < -0.4 is 10.2 Å². The summed E-state index contributed by atoms with van der Waals surface area (Å²) in [5.41, 5.74) is 2.04. The first-order valence-corrected chi connectivity index (χ1v) is 7.40. The van der Waals surface area contributed by atoms with E-state index < -0.39 is 6.04 Å². The van der Waals surface area contributed by atoms with Crippen LogP contribution in [0.2, 0.25) is 5.02 Å². The Balaban J connectivity index is 1.93. The number of carbonyl (C=O) groups is 2. The Bertz CT molecular complexity index is 731. The van der Waals surface area contributed by atoms with Crippen LogP contribution in [0.15, 0.2) is 48.5 Å². The van der Waals surface area contributed by atoms with Crippen molar-refractivity contribution in [1.29, 1.82) is 0 Å². The van der Waals surface area contributed by atoms with E-state index in [9.17, 15) is 9.59 Å². The quantitative estimate of drug-likeness (QED) is 0.884. The summed E-state index contributed by atoms with van der Waals surface area (Å²) in [5, 5.41) is 3.69. The second-order valence-corrected chi connectivity index (χ2v) is 5.68. The molecule has 0 fully saturated rings. The van der Waals surface area contributed by atoms with Gasteiger partial charge < -0.3 is 10.2 Å². The maximum atomic E-state index is 12.4. The fraction of sp³-hybridized carbons (Fsp3) is 0.176. The van der Waals surface area contributed by atoms with Gasteiger partial charge in [-0.3, -0.25) is 9.59 Å². The zero-order valence-corrected chi connectivity index (χ0v) is 12.8. The van der Waals surface area contributed by atoms with Crippen LogP contribution in [0.1, 0.15) is 17.3 Å². The van der Waals surface area contributed by atoms with E-state index in [1.165, 1.54) is 4.90 Å². The number of halogens is 1. The molecule has 2 aromatic rings. The van der Waals surface area contributed by atoms with Gasteiger partial charge in [0.05, 0.1) is 17.9 Å². The van der Waals surface area contributed by atoms with Crippen LogP contribution in [-0.2, 0) is 4.79 Å². The molecule has 1 atom stereocenters. The summed E-state index contributed by atoms with van der Waals surface area (Å²) in [7, 11) is 0. The number of nitrogens with one attached hydrogen (secondary N) is 1. The monoisotopic (exact) mass is 314 g/mol. The topological polar surface area (TPSA) is 49.4 Å². The summed E-state index contributed by atoms with van der Waals surface area (Å²) in [6.45, 7) is 1.79. The van der Waals surface area contributed by atoms with E-state index >= 15 is 0 Å². The Morgan fingerprint density at radius 3 is 2.68 bits per heavy atom. The molecule has 1 aliphatic heterocycles. The number of fused-ring (bicyclic) bond motifs is 1. The van der Waals surface area contributed by atoms with E-state index in [0.29, 0.717) is 16.3 Å². The molecule has 1 heterocycles. The number of carbonyl (C=O) groups excluding carboxylic acids is 2. The Hall–Kier alpha value is -2.33. The van der Waals surface area contributed by atoms with Crippen LogP contribution in [0.5, 0.6) is 0 Å². The first kappa shape index (κ1) is 14.6. The lowest BCUT2D eigenvalue weighted by Crippen LogP contribution is -2.47. The van der Waals surface area contributed by atoms with Crippen molar-refractivity contribution < 1.29 is 9.59 Å². The molecule has 5 heteroatoms. The summed E-state index contributed by atoms with van der Waals surface area (Å²) in [4.78, 5) is 26.3. The standard InChI is InChI=1S/C17H15ClN2O2/c1-11-17(22)20(10-16(21)12-5-3-2-4-6-12)15-8-7-13(18)9-14(15)19-11/h2-9,11,19H,10H2,1H3. The highest BCUT2D eigenvalue weighted by Gasteiger charge is 2.31. The lowest BCUT2D eigenvalue weighted by Gasteiger charge is -2.33. The number of ketones is 1. The number of anilines is 2. The molecular weight excluding hydrogens is 300 g/mol. The predicted molar refractivity (Wildman–Crippen MR) is 87.7 cm³/mol. The van der Waals surface area contributed by atoms with Gasteiger partial charge >= 0.3 is 0 Å². The van der Waals surface area contributed by atoms with E-state index in [0.717, 1.165) is 5.69 Å². The van der Waals surface area contributed by atoms with Crippen molar-refractivity contribution in [3.8, 4) is 0 Å². The second kappa shape index (κ2) is 5.81. The first-order chi connectivity index (χ1) is 10.6. The molecule has 0 radical (unpaired) electrons. The lowest BCUT2D eigenvalue weighted by atomic mass is 10.1. The predicted octanol–water partition coefficient (Wildman–Crippen LogP) is 3.37. The number of rotatable bonds is 3. The normalized spacial score (nSPS) is 16.9. The molecule has 22 heavy (non-hydrogen) atoms. The van der Waals surface area contributed by atoms with Gasteiger partial charge in [-0.1, -0.05) is 41.9 Å². The van der Waals surface area contributed by atoms with Gasteiger partial charge in [0.15, 0.2) is 5.78 Å². The molecule has 0 bridgehead atoms. The highest BCUT2D eigenvalue weighted by atomic mass is 35.5. The van der Waals surface area contributed by atoms with Crippen LogP contribution in [0.4, 0.5) is 11.4 Å². The van der Waals surface area contributed by atoms with Gasteiger partial charge in [-0.2, -0.15) is 0 Å².